The minimum Gasteiger partial charge on any atom is -0.502 e. The second kappa shape index (κ2) is 5.77. The summed E-state index contributed by atoms with van der Waals surface area (Å²) in [5, 5.41) is 13.0. The van der Waals surface area contributed by atoms with Crippen LogP contribution in [-0.2, 0) is 11.3 Å². The SMILES string of the molecule is COc1cc(C2C(=O)NCc3cc4c(cc32)OCO4)cc(OC)c1O. The van der Waals surface area contributed by atoms with E-state index in [1.54, 1.807) is 12.1 Å². The van der Waals surface area contributed by atoms with Crippen molar-refractivity contribution in [2.45, 2.75) is 12.5 Å². The second-order valence-electron chi connectivity index (χ2n) is 5.83. The van der Waals surface area contributed by atoms with Crippen molar-refractivity contribution in [1.29, 1.82) is 0 Å². The molecule has 0 aliphatic carbocycles. The van der Waals surface area contributed by atoms with Gasteiger partial charge < -0.3 is 29.4 Å². The molecule has 2 aromatic rings. The van der Waals surface area contributed by atoms with Gasteiger partial charge in [0.25, 0.3) is 0 Å². The van der Waals surface area contributed by atoms with Crippen molar-refractivity contribution >= 4 is 5.91 Å². The van der Waals surface area contributed by atoms with Crippen LogP contribution in [0.5, 0.6) is 28.7 Å². The van der Waals surface area contributed by atoms with E-state index >= 15 is 0 Å². The Balaban J connectivity index is 1.87. The van der Waals surface area contributed by atoms with Gasteiger partial charge in [-0.3, -0.25) is 4.79 Å². The quantitative estimate of drug-likeness (QED) is 0.885. The number of amides is 1. The number of carbonyl (C=O) groups is 1. The van der Waals surface area contributed by atoms with E-state index in [0.29, 0.717) is 23.6 Å². The van der Waals surface area contributed by atoms with Gasteiger partial charge in [0, 0.05) is 6.54 Å². The molecule has 1 unspecified atom stereocenters. The summed E-state index contributed by atoms with van der Waals surface area (Å²) in [5.74, 6) is 0.981. The molecule has 0 bridgehead atoms. The molecule has 2 aliphatic heterocycles. The molecule has 0 fully saturated rings. The summed E-state index contributed by atoms with van der Waals surface area (Å²) in [6.07, 6.45) is 0. The third-order valence-electron chi connectivity index (χ3n) is 4.50. The molecule has 2 aromatic carbocycles. The number of nitrogens with one attached hydrogen (secondary N) is 1. The molecule has 0 spiro atoms. The number of ether oxygens (including phenoxy) is 4. The monoisotopic (exact) mass is 343 g/mol. The van der Waals surface area contributed by atoms with E-state index in [0.717, 1.165) is 11.1 Å². The molecule has 2 N–H and O–H groups in total. The highest BCUT2D eigenvalue weighted by Crippen LogP contribution is 2.44. The Labute approximate surface area is 144 Å². The fourth-order valence-corrected chi connectivity index (χ4v) is 3.26. The van der Waals surface area contributed by atoms with Crippen LogP contribution in [0.25, 0.3) is 0 Å². The lowest BCUT2D eigenvalue weighted by atomic mass is 9.84. The molecular weight excluding hydrogens is 326 g/mol. The predicted molar refractivity (Wildman–Crippen MR) is 87.5 cm³/mol. The standard InChI is InChI=1S/C18H17NO6/c1-22-14-3-9(4-15(23-2)17(14)20)16-11-6-13-12(24-8-25-13)5-10(11)7-19-18(16)21/h3-6,16,20H,7-8H2,1-2H3,(H,19,21). The van der Waals surface area contributed by atoms with Gasteiger partial charge in [-0.2, -0.15) is 0 Å². The lowest BCUT2D eigenvalue weighted by Crippen LogP contribution is -2.35. The molecule has 1 amide bonds. The minimum atomic E-state index is -0.568. The van der Waals surface area contributed by atoms with Crippen LogP contribution < -0.4 is 24.3 Å². The number of fused-ring (bicyclic) bond motifs is 2. The summed E-state index contributed by atoms with van der Waals surface area (Å²) in [5.41, 5.74) is 2.45. The third kappa shape index (κ3) is 2.39. The van der Waals surface area contributed by atoms with Crippen LogP contribution in [-0.4, -0.2) is 32.0 Å². The molecule has 2 heterocycles. The van der Waals surface area contributed by atoms with E-state index in [-0.39, 0.29) is 29.9 Å². The number of rotatable bonds is 3. The van der Waals surface area contributed by atoms with Crippen LogP contribution in [0.15, 0.2) is 24.3 Å². The average molecular weight is 343 g/mol. The van der Waals surface area contributed by atoms with Crippen molar-refractivity contribution in [2.75, 3.05) is 21.0 Å². The zero-order chi connectivity index (χ0) is 17.6. The van der Waals surface area contributed by atoms with Crippen LogP contribution in [0.1, 0.15) is 22.6 Å². The van der Waals surface area contributed by atoms with E-state index in [2.05, 4.69) is 5.32 Å². The zero-order valence-electron chi connectivity index (χ0n) is 13.8. The van der Waals surface area contributed by atoms with Gasteiger partial charge in [-0.1, -0.05) is 0 Å². The molecule has 2 aliphatic rings. The van der Waals surface area contributed by atoms with Gasteiger partial charge in [-0.15, -0.1) is 0 Å². The van der Waals surface area contributed by atoms with E-state index in [9.17, 15) is 9.90 Å². The van der Waals surface area contributed by atoms with Crippen LogP contribution in [0.2, 0.25) is 0 Å². The lowest BCUT2D eigenvalue weighted by molar-refractivity contribution is -0.122. The van der Waals surface area contributed by atoms with Crippen molar-refractivity contribution in [3.8, 4) is 28.7 Å². The molecule has 0 saturated carbocycles. The predicted octanol–water partition coefficient (Wildman–Crippen LogP) is 1.90. The molecular formula is C18H17NO6. The maximum atomic E-state index is 12.6. The molecule has 4 rings (SSSR count). The van der Waals surface area contributed by atoms with Gasteiger partial charge in [0.1, 0.15) is 0 Å². The molecule has 1 atom stereocenters. The van der Waals surface area contributed by atoms with Gasteiger partial charge in [0.2, 0.25) is 18.4 Å². The number of aromatic hydroxyl groups is 1. The molecule has 25 heavy (non-hydrogen) atoms. The maximum absolute atomic E-state index is 12.6. The lowest BCUT2D eigenvalue weighted by Gasteiger charge is -2.27. The van der Waals surface area contributed by atoms with Crippen molar-refractivity contribution in [3.05, 3.63) is 41.0 Å². The highest BCUT2D eigenvalue weighted by Gasteiger charge is 2.33. The first kappa shape index (κ1) is 15.4. The van der Waals surface area contributed by atoms with Gasteiger partial charge in [0.05, 0.1) is 20.1 Å². The van der Waals surface area contributed by atoms with E-state index in [4.69, 9.17) is 18.9 Å². The minimum absolute atomic E-state index is 0.101. The Bertz CT molecular complexity index is 838. The Morgan fingerprint density at radius 2 is 1.72 bits per heavy atom. The Kier molecular flexibility index (Phi) is 3.56. The number of hydrogen-bond acceptors (Lipinski definition) is 6. The summed E-state index contributed by atoms with van der Waals surface area (Å²) >= 11 is 0. The van der Waals surface area contributed by atoms with Crippen molar-refractivity contribution < 1.29 is 28.8 Å². The molecule has 7 nitrogen and oxygen atoms in total. The highest BCUT2D eigenvalue weighted by atomic mass is 16.7. The number of hydrogen-bond donors (Lipinski definition) is 2. The number of carbonyl (C=O) groups excluding carboxylic acids is 1. The molecule has 0 radical (unpaired) electrons. The van der Waals surface area contributed by atoms with Crippen molar-refractivity contribution in [2.24, 2.45) is 0 Å². The van der Waals surface area contributed by atoms with Crippen molar-refractivity contribution in [3.63, 3.8) is 0 Å². The van der Waals surface area contributed by atoms with Gasteiger partial charge in [-0.25, -0.2) is 0 Å². The van der Waals surface area contributed by atoms with Crippen LogP contribution >= 0.6 is 0 Å². The fraction of sp³-hybridized carbons (Fsp3) is 0.278. The zero-order valence-corrected chi connectivity index (χ0v) is 13.8. The van der Waals surface area contributed by atoms with Crippen molar-refractivity contribution in [1.82, 2.24) is 5.32 Å². The summed E-state index contributed by atoms with van der Waals surface area (Å²) in [6, 6.07) is 7.01. The highest BCUT2D eigenvalue weighted by molar-refractivity contribution is 5.90. The number of benzene rings is 2. The molecule has 0 saturated heterocycles. The van der Waals surface area contributed by atoms with Gasteiger partial charge >= 0.3 is 0 Å². The first-order valence-corrected chi connectivity index (χ1v) is 7.77. The maximum Gasteiger partial charge on any atom is 0.232 e. The van der Waals surface area contributed by atoms with E-state index in [1.807, 2.05) is 12.1 Å². The van der Waals surface area contributed by atoms with Crippen LogP contribution in [0.4, 0.5) is 0 Å². The molecule has 0 aromatic heterocycles. The second-order valence-corrected chi connectivity index (χ2v) is 5.83. The number of phenols is 1. The van der Waals surface area contributed by atoms with E-state index < -0.39 is 5.92 Å². The molecule has 7 heteroatoms. The number of phenolic OH excluding ortho intramolecular Hbond substituents is 1. The van der Waals surface area contributed by atoms with Crippen LogP contribution in [0, 0.1) is 0 Å². The normalized spacial score (nSPS) is 17.7. The van der Waals surface area contributed by atoms with Crippen LogP contribution in [0.3, 0.4) is 0 Å². The first-order valence-electron chi connectivity index (χ1n) is 7.77. The largest absolute Gasteiger partial charge is 0.502 e. The van der Waals surface area contributed by atoms with Gasteiger partial charge in [0.15, 0.2) is 23.0 Å². The topological polar surface area (TPSA) is 86.3 Å². The fourth-order valence-electron chi connectivity index (χ4n) is 3.26. The van der Waals surface area contributed by atoms with E-state index in [1.165, 1.54) is 14.2 Å². The summed E-state index contributed by atoms with van der Waals surface area (Å²) in [7, 11) is 2.90. The van der Waals surface area contributed by atoms with Gasteiger partial charge in [-0.05, 0) is 41.0 Å². The average Bonchev–Trinajstić information content (AvgIpc) is 3.07. The molecule has 130 valence electrons. The summed E-state index contributed by atoms with van der Waals surface area (Å²) < 4.78 is 21.3. The third-order valence-corrected chi connectivity index (χ3v) is 4.50. The first-order chi connectivity index (χ1) is 12.1. The summed E-state index contributed by atoms with van der Waals surface area (Å²) in [6.45, 7) is 0.596. The summed E-state index contributed by atoms with van der Waals surface area (Å²) in [4.78, 5) is 12.6. The Morgan fingerprint density at radius 1 is 1.08 bits per heavy atom. The Hall–Kier alpha value is -3.09. The number of methoxy groups -OCH3 is 2. The Morgan fingerprint density at radius 3 is 2.36 bits per heavy atom. The smallest absolute Gasteiger partial charge is 0.232 e.